The number of carbonyl (C=O) groups excluding carboxylic acids is 3. The topological polar surface area (TPSA) is 75.7 Å². The molecule has 0 spiro atoms. The van der Waals surface area contributed by atoms with Crippen LogP contribution in [0.25, 0.3) is 16.8 Å². The van der Waals surface area contributed by atoms with Crippen molar-refractivity contribution in [1.82, 2.24) is 10.2 Å². The molecule has 0 atom stereocenters. The number of halogens is 1. The summed E-state index contributed by atoms with van der Waals surface area (Å²) >= 11 is 3.54. The number of nitrogens with zero attached hydrogens (tertiary/aromatic N) is 1. The molecule has 0 unspecified atom stereocenters. The Morgan fingerprint density at radius 1 is 1.00 bits per heavy atom. The van der Waals surface area contributed by atoms with Gasteiger partial charge in [0.05, 0.1) is 4.47 Å². The van der Waals surface area contributed by atoms with Crippen molar-refractivity contribution in [2.45, 2.75) is 38.3 Å². The van der Waals surface area contributed by atoms with E-state index in [1.54, 1.807) is 18.2 Å². The van der Waals surface area contributed by atoms with E-state index < -0.39 is 17.8 Å². The molecule has 0 radical (unpaired) electrons. The van der Waals surface area contributed by atoms with E-state index in [0.717, 1.165) is 42.0 Å². The maximum Gasteiger partial charge on any atom is 0.331 e. The van der Waals surface area contributed by atoms with Gasteiger partial charge in [-0.05, 0) is 68.9 Å². The monoisotopic (exact) mass is 518 g/mol. The van der Waals surface area contributed by atoms with Crippen molar-refractivity contribution in [3.8, 4) is 5.75 Å². The Kier molecular flexibility index (Phi) is 6.20. The first-order chi connectivity index (χ1) is 16.5. The molecule has 1 saturated heterocycles. The van der Waals surface area contributed by atoms with Crippen LogP contribution in [0, 0.1) is 0 Å². The summed E-state index contributed by atoms with van der Waals surface area (Å²) in [6.45, 7) is 0.403. The van der Waals surface area contributed by atoms with Crippen molar-refractivity contribution < 1.29 is 19.1 Å². The lowest BCUT2D eigenvalue weighted by molar-refractivity contribution is -0.131. The highest BCUT2D eigenvalue weighted by molar-refractivity contribution is 9.10. The van der Waals surface area contributed by atoms with Gasteiger partial charge in [0.1, 0.15) is 17.9 Å². The normalized spacial score (nSPS) is 18.1. The third-order valence-electron chi connectivity index (χ3n) is 6.35. The van der Waals surface area contributed by atoms with Gasteiger partial charge in [-0.2, -0.15) is 0 Å². The van der Waals surface area contributed by atoms with Crippen molar-refractivity contribution in [1.29, 1.82) is 0 Å². The zero-order valence-corrected chi connectivity index (χ0v) is 20.0. The third kappa shape index (κ3) is 4.35. The number of barbiturate groups is 1. The molecule has 2 fully saturated rings. The van der Waals surface area contributed by atoms with Gasteiger partial charge >= 0.3 is 6.03 Å². The molecule has 172 valence electrons. The fourth-order valence-electron chi connectivity index (χ4n) is 4.63. The minimum atomic E-state index is -0.670. The van der Waals surface area contributed by atoms with Crippen molar-refractivity contribution in [2.75, 3.05) is 0 Å². The third-order valence-corrected chi connectivity index (χ3v) is 6.97. The first-order valence-electron chi connectivity index (χ1n) is 11.3. The van der Waals surface area contributed by atoms with E-state index in [2.05, 4.69) is 39.4 Å². The number of ether oxygens (including phenoxy) is 1. The van der Waals surface area contributed by atoms with Gasteiger partial charge in [-0.1, -0.05) is 61.4 Å². The summed E-state index contributed by atoms with van der Waals surface area (Å²) < 4.78 is 6.75. The van der Waals surface area contributed by atoms with Crippen LogP contribution >= 0.6 is 15.9 Å². The molecule has 2 aliphatic rings. The molecule has 4 amide bonds. The van der Waals surface area contributed by atoms with Gasteiger partial charge in [0.2, 0.25) is 0 Å². The molecule has 0 bridgehead atoms. The van der Waals surface area contributed by atoms with Crippen LogP contribution in [0.1, 0.15) is 36.8 Å². The van der Waals surface area contributed by atoms with Gasteiger partial charge in [-0.25, -0.2) is 4.79 Å². The van der Waals surface area contributed by atoms with Gasteiger partial charge in [0.15, 0.2) is 0 Å². The number of nitrogens with one attached hydrogen (secondary N) is 1. The Morgan fingerprint density at radius 3 is 2.56 bits per heavy atom. The molecule has 1 heterocycles. The summed E-state index contributed by atoms with van der Waals surface area (Å²) in [6.07, 6.45) is 5.01. The number of rotatable bonds is 5. The minimum Gasteiger partial charge on any atom is -0.488 e. The summed E-state index contributed by atoms with van der Waals surface area (Å²) in [5, 5.41) is 4.61. The number of amides is 4. The molecular weight excluding hydrogens is 496 g/mol. The van der Waals surface area contributed by atoms with Crippen LogP contribution in [-0.2, 0) is 16.2 Å². The van der Waals surface area contributed by atoms with Gasteiger partial charge in [0.25, 0.3) is 11.8 Å². The number of hydrogen-bond acceptors (Lipinski definition) is 4. The van der Waals surface area contributed by atoms with Gasteiger partial charge in [-0.15, -0.1) is 0 Å². The maximum atomic E-state index is 13.0. The highest BCUT2D eigenvalue weighted by Crippen LogP contribution is 2.30. The highest BCUT2D eigenvalue weighted by Gasteiger charge is 2.40. The van der Waals surface area contributed by atoms with E-state index in [1.165, 1.54) is 11.0 Å². The van der Waals surface area contributed by atoms with Crippen molar-refractivity contribution in [3.63, 3.8) is 0 Å². The first-order valence-corrected chi connectivity index (χ1v) is 12.1. The maximum absolute atomic E-state index is 13.0. The van der Waals surface area contributed by atoms with Crippen LogP contribution in [0.4, 0.5) is 4.79 Å². The molecule has 7 heteroatoms. The lowest BCUT2D eigenvalue weighted by atomic mass is 10.0. The number of imide groups is 2. The van der Waals surface area contributed by atoms with Gasteiger partial charge in [-0.3, -0.25) is 19.8 Å². The summed E-state index contributed by atoms with van der Waals surface area (Å²) in [6, 6.07) is 18.9. The summed E-state index contributed by atoms with van der Waals surface area (Å²) in [5.41, 5.74) is 1.70. The van der Waals surface area contributed by atoms with Gasteiger partial charge < -0.3 is 4.74 Å². The second kappa shape index (κ2) is 9.43. The van der Waals surface area contributed by atoms with E-state index in [1.807, 2.05) is 24.3 Å². The van der Waals surface area contributed by atoms with Crippen molar-refractivity contribution in [3.05, 3.63) is 81.8 Å². The number of urea groups is 1. The first kappa shape index (κ1) is 22.3. The molecule has 3 aromatic carbocycles. The van der Waals surface area contributed by atoms with E-state index >= 15 is 0 Å². The van der Waals surface area contributed by atoms with E-state index in [9.17, 15) is 14.4 Å². The lowest BCUT2D eigenvalue weighted by Crippen LogP contribution is -2.57. The van der Waals surface area contributed by atoms with Crippen LogP contribution in [0.2, 0.25) is 0 Å². The van der Waals surface area contributed by atoms with Crippen molar-refractivity contribution in [2.24, 2.45) is 0 Å². The lowest BCUT2D eigenvalue weighted by Gasteiger charge is -2.31. The molecule has 5 rings (SSSR count). The molecule has 34 heavy (non-hydrogen) atoms. The van der Waals surface area contributed by atoms with Crippen LogP contribution < -0.4 is 10.1 Å². The predicted octanol–water partition coefficient (Wildman–Crippen LogP) is 5.59. The standard InChI is InChI=1S/C27H23BrN2O4/c28-23-15-17(14-22-25(31)29-27(33)30(26(22)32)20-9-2-3-10-20)12-13-24(23)34-16-19-8-5-7-18-6-1-4-11-21(18)19/h1,4-8,11-15,20H,2-3,9-10,16H2,(H,29,31,33)/b22-14+. The zero-order chi connectivity index (χ0) is 23.7. The summed E-state index contributed by atoms with van der Waals surface area (Å²) in [5.74, 6) is -0.554. The number of carbonyl (C=O) groups is 3. The molecule has 0 aromatic heterocycles. The van der Waals surface area contributed by atoms with E-state index in [-0.39, 0.29) is 11.6 Å². The minimum absolute atomic E-state index is 0.0391. The Labute approximate surface area is 205 Å². The number of hydrogen-bond donors (Lipinski definition) is 1. The summed E-state index contributed by atoms with van der Waals surface area (Å²) in [7, 11) is 0. The second-order valence-corrected chi connectivity index (χ2v) is 9.40. The Hall–Kier alpha value is -3.45. The molecule has 6 nitrogen and oxygen atoms in total. The van der Waals surface area contributed by atoms with E-state index in [0.29, 0.717) is 22.4 Å². The van der Waals surface area contributed by atoms with Crippen LogP contribution in [0.5, 0.6) is 5.75 Å². The highest BCUT2D eigenvalue weighted by atomic mass is 79.9. The quantitative estimate of drug-likeness (QED) is 0.353. The Morgan fingerprint density at radius 2 is 1.76 bits per heavy atom. The molecule has 3 aromatic rings. The van der Waals surface area contributed by atoms with Gasteiger partial charge in [0, 0.05) is 6.04 Å². The smallest absolute Gasteiger partial charge is 0.331 e. The number of fused-ring (bicyclic) bond motifs is 1. The predicted molar refractivity (Wildman–Crippen MR) is 133 cm³/mol. The molecule has 1 aliphatic carbocycles. The molecule has 1 saturated carbocycles. The second-order valence-electron chi connectivity index (χ2n) is 8.55. The van der Waals surface area contributed by atoms with Crippen molar-refractivity contribution >= 4 is 50.6 Å². The van der Waals surface area contributed by atoms with E-state index in [4.69, 9.17) is 4.74 Å². The fourth-order valence-corrected chi connectivity index (χ4v) is 5.14. The summed E-state index contributed by atoms with van der Waals surface area (Å²) in [4.78, 5) is 38.9. The largest absolute Gasteiger partial charge is 0.488 e. The Bertz CT molecular complexity index is 1320. The average molecular weight is 519 g/mol. The van der Waals surface area contributed by atoms with Crippen LogP contribution in [-0.4, -0.2) is 28.8 Å². The zero-order valence-electron chi connectivity index (χ0n) is 18.4. The van der Waals surface area contributed by atoms with Crippen LogP contribution in [0.15, 0.2) is 70.7 Å². The SMILES string of the molecule is O=C1NC(=O)N(C2CCCC2)C(=O)/C1=C/c1ccc(OCc2cccc3ccccc23)c(Br)c1. The number of benzene rings is 3. The molecular formula is C27H23BrN2O4. The Balaban J connectivity index is 1.35. The fraction of sp³-hybridized carbons (Fsp3) is 0.222. The molecule has 1 aliphatic heterocycles. The average Bonchev–Trinajstić information content (AvgIpc) is 3.35. The molecule has 1 N–H and O–H groups in total. The van der Waals surface area contributed by atoms with Crippen LogP contribution in [0.3, 0.4) is 0 Å².